The standard InChI is InChI=1S/C13H9N3O2/c14-13-15-6-5-10(16-13)8-1-3-11-9(7-8)2-4-12(17)18-11/h1-7H,(H2,14,15,16). The molecular weight excluding hydrogens is 230 g/mol. The van der Waals surface area contributed by atoms with E-state index in [1.54, 1.807) is 24.4 Å². The number of anilines is 1. The zero-order valence-electron chi connectivity index (χ0n) is 9.33. The molecule has 88 valence electrons. The summed E-state index contributed by atoms with van der Waals surface area (Å²) in [6, 6.07) is 10.3. The van der Waals surface area contributed by atoms with Crippen LogP contribution in [0.4, 0.5) is 5.95 Å². The van der Waals surface area contributed by atoms with Crippen molar-refractivity contribution in [1.82, 2.24) is 9.97 Å². The summed E-state index contributed by atoms with van der Waals surface area (Å²) in [5, 5.41) is 0.837. The summed E-state index contributed by atoms with van der Waals surface area (Å²) >= 11 is 0. The van der Waals surface area contributed by atoms with Crippen LogP contribution in [-0.4, -0.2) is 9.97 Å². The number of rotatable bonds is 1. The Kier molecular flexibility index (Phi) is 2.30. The van der Waals surface area contributed by atoms with Crippen molar-refractivity contribution in [2.45, 2.75) is 0 Å². The monoisotopic (exact) mass is 239 g/mol. The van der Waals surface area contributed by atoms with Crippen LogP contribution in [0.15, 0.2) is 51.8 Å². The third kappa shape index (κ3) is 1.82. The molecule has 3 rings (SSSR count). The molecule has 0 atom stereocenters. The van der Waals surface area contributed by atoms with Gasteiger partial charge in [-0.3, -0.25) is 0 Å². The van der Waals surface area contributed by atoms with Crippen LogP contribution in [0.3, 0.4) is 0 Å². The van der Waals surface area contributed by atoms with Gasteiger partial charge in [0.2, 0.25) is 5.95 Å². The zero-order valence-corrected chi connectivity index (χ0v) is 9.33. The fraction of sp³-hybridized carbons (Fsp3) is 0. The van der Waals surface area contributed by atoms with Crippen molar-refractivity contribution in [2.24, 2.45) is 0 Å². The van der Waals surface area contributed by atoms with E-state index in [-0.39, 0.29) is 11.6 Å². The summed E-state index contributed by atoms with van der Waals surface area (Å²) in [5.41, 5.74) is 7.36. The molecule has 0 aliphatic heterocycles. The van der Waals surface area contributed by atoms with Crippen LogP contribution in [0.2, 0.25) is 0 Å². The van der Waals surface area contributed by atoms with Gasteiger partial charge in [-0.1, -0.05) is 0 Å². The molecule has 0 saturated heterocycles. The van der Waals surface area contributed by atoms with Crippen molar-refractivity contribution in [2.75, 3.05) is 5.73 Å². The van der Waals surface area contributed by atoms with Gasteiger partial charge in [0.1, 0.15) is 5.58 Å². The molecule has 0 spiro atoms. The molecule has 1 aromatic carbocycles. The molecule has 2 aromatic heterocycles. The highest BCUT2D eigenvalue weighted by molar-refractivity contribution is 5.82. The first-order valence-corrected chi connectivity index (χ1v) is 5.35. The fourth-order valence-corrected chi connectivity index (χ4v) is 1.77. The molecule has 0 unspecified atom stereocenters. The van der Waals surface area contributed by atoms with Gasteiger partial charge in [-0.25, -0.2) is 14.8 Å². The summed E-state index contributed by atoms with van der Waals surface area (Å²) in [7, 11) is 0. The molecule has 0 aliphatic carbocycles. The smallest absolute Gasteiger partial charge is 0.336 e. The summed E-state index contributed by atoms with van der Waals surface area (Å²) < 4.78 is 5.06. The SMILES string of the molecule is Nc1nccc(-c2ccc3oc(=O)ccc3c2)n1. The van der Waals surface area contributed by atoms with E-state index in [0.717, 1.165) is 16.6 Å². The quantitative estimate of drug-likeness (QED) is 0.655. The fourth-order valence-electron chi connectivity index (χ4n) is 1.77. The van der Waals surface area contributed by atoms with Gasteiger partial charge in [-0.2, -0.15) is 0 Å². The van der Waals surface area contributed by atoms with Gasteiger partial charge in [0.15, 0.2) is 0 Å². The number of aromatic nitrogens is 2. The van der Waals surface area contributed by atoms with Gasteiger partial charge in [0.25, 0.3) is 0 Å². The minimum atomic E-state index is -0.360. The minimum absolute atomic E-state index is 0.229. The van der Waals surface area contributed by atoms with Crippen molar-refractivity contribution in [1.29, 1.82) is 0 Å². The van der Waals surface area contributed by atoms with Crippen LogP contribution in [0.25, 0.3) is 22.2 Å². The van der Waals surface area contributed by atoms with Crippen LogP contribution in [0.5, 0.6) is 0 Å². The van der Waals surface area contributed by atoms with E-state index in [4.69, 9.17) is 10.2 Å². The third-order valence-electron chi connectivity index (χ3n) is 2.59. The Morgan fingerprint density at radius 1 is 1.11 bits per heavy atom. The van der Waals surface area contributed by atoms with Crippen molar-refractivity contribution in [3.63, 3.8) is 0 Å². The number of hydrogen-bond acceptors (Lipinski definition) is 5. The van der Waals surface area contributed by atoms with Gasteiger partial charge < -0.3 is 10.2 Å². The van der Waals surface area contributed by atoms with Gasteiger partial charge in [-0.05, 0) is 30.3 Å². The first kappa shape index (κ1) is 10.5. The molecule has 0 aliphatic rings. The number of nitrogens with zero attached hydrogens (tertiary/aromatic N) is 2. The van der Waals surface area contributed by atoms with Crippen molar-refractivity contribution < 1.29 is 4.42 Å². The van der Waals surface area contributed by atoms with Gasteiger partial charge >= 0.3 is 5.63 Å². The zero-order chi connectivity index (χ0) is 12.5. The Labute approximate surface area is 102 Å². The second-order valence-electron chi connectivity index (χ2n) is 3.81. The molecule has 0 saturated carbocycles. The molecule has 5 nitrogen and oxygen atoms in total. The Bertz CT molecular complexity index is 780. The van der Waals surface area contributed by atoms with Crippen molar-refractivity contribution in [3.05, 3.63) is 53.0 Å². The van der Waals surface area contributed by atoms with E-state index in [2.05, 4.69) is 9.97 Å². The average molecular weight is 239 g/mol. The molecule has 0 amide bonds. The number of fused-ring (bicyclic) bond motifs is 1. The van der Waals surface area contributed by atoms with Crippen LogP contribution in [0.1, 0.15) is 0 Å². The third-order valence-corrected chi connectivity index (χ3v) is 2.59. The average Bonchev–Trinajstić information content (AvgIpc) is 2.38. The Hall–Kier alpha value is -2.69. The molecule has 0 radical (unpaired) electrons. The van der Waals surface area contributed by atoms with Crippen LogP contribution in [0, 0.1) is 0 Å². The predicted molar refractivity (Wildman–Crippen MR) is 67.9 cm³/mol. The number of benzene rings is 1. The first-order valence-electron chi connectivity index (χ1n) is 5.35. The largest absolute Gasteiger partial charge is 0.423 e. The number of hydrogen-bond donors (Lipinski definition) is 1. The lowest BCUT2D eigenvalue weighted by atomic mass is 10.1. The lowest BCUT2D eigenvalue weighted by molar-refractivity contribution is 0.561. The number of nitrogen functional groups attached to an aromatic ring is 1. The van der Waals surface area contributed by atoms with E-state index >= 15 is 0 Å². The van der Waals surface area contributed by atoms with E-state index in [0.29, 0.717) is 5.58 Å². The molecule has 18 heavy (non-hydrogen) atoms. The van der Waals surface area contributed by atoms with E-state index in [1.807, 2.05) is 12.1 Å². The predicted octanol–water partition coefficient (Wildman–Crippen LogP) is 1.83. The van der Waals surface area contributed by atoms with E-state index < -0.39 is 0 Å². The second kappa shape index (κ2) is 3.96. The highest BCUT2D eigenvalue weighted by Gasteiger charge is 2.03. The topological polar surface area (TPSA) is 82.0 Å². The normalized spacial score (nSPS) is 10.7. The van der Waals surface area contributed by atoms with Crippen molar-refractivity contribution in [3.8, 4) is 11.3 Å². The molecule has 2 heterocycles. The minimum Gasteiger partial charge on any atom is -0.423 e. The summed E-state index contributed by atoms with van der Waals surface area (Å²) in [4.78, 5) is 19.1. The lowest BCUT2D eigenvalue weighted by Crippen LogP contribution is -1.96. The van der Waals surface area contributed by atoms with Crippen LogP contribution >= 0.6 is 0 Å². The van der Waals surface area contributed by atoms with E-state index in [9.17, 15) is 4.79 Å². The second-order valence-corrected chi connectivity index (χ2v) is 3.81. The highest BCUT2D eigenvalue weighted by atomic mass is 16.4. The summed E-state index contributed by atoms with van der Waals surface area (Å²) in [5.74, 6) is 0.229. The molecule has 0 fully saturated rings. The molecule has 2 N–H and O–H groups in total. The molecule has 5 heteroatoms. The summed E-state index contributed by atoms with van der Waals surface area (Å²) in [6.07, 6.45) is 1.60. The Morgan fingerprint density at radius 3 is 2.83 bits per heavy atom. The maximum absolute atomic E-state index is 11.1. The Morgan fingerprint density at radius 2 is 2.00 bits per heavy atom. The van der Waals surface area contributed by atoms with Crippen LogP contribution < -0.4 is 11.4 Å². The van der Waals surface area contributed by atoms with Gasteiger partial charge in [-0.15, -0.1) is 0 Å². The van der Waals surface area contributed by atoms with Gasteiger partial charge in [0.05, 0.1) is 5.69 Å². The van der Waals surface area contributed by atoms with E-state index in [1.165, 1.54) is 6.07 Å². The molecule has 3 aromatic rings. The Balaban J connectivity index is 2.19. The maximum Gasteiger partial charge on any atom is 0.336 e. The maximum atomic E-state index is 11.1. The van der Waals surface area contributed by atoms with Crippen LogP contribution in [-0.2, 0) is 0 Å². The van der Waals surface area contributed by atoms with Crippen molar-refractivity contribution >= 4 is 16.9 Å². The molecular formula is C13H9N3O2. The lowest BCUT2D eigenvalue weighted by Gasteiger charge is -2.02. The van der Waals surface area contributed by atoms with Gasteiger partial charge in [0, 0.05) is 23.2 Å². The summed E-state index contributed by atoms with van der Waals surface area (Å²) in [6.45, 7) is 0. The highest BCUT2D eigenvalue weighted by Crippen LogP contribution is 2.22. The molecule has 0 bridgehead atoms. The first-order chi connectivity index (χ1) is 8.72. The number of nitrogens with two attached hydrogens (primary N) is 1.